The number of aromatic nitrogens is 3. The van der Waals surface area contributed by atoms with Crippen LogP contribution in [0.3, 0.4) is 0 Å². The number of fused-ring (bicyclic) bond motifs is 1. The molecule has 3 heterocycles. The fraction of sp³-hybridized carbons (Fsp3) is 0.250. The van der Waals surface area contributed by atoms with Gasteiger partial charge in [-0.05, 0) is 18.6 Å². The number of carbonyl (C=O) groups is 1. The van der Waals surface area contributed by atoms with Crippen LogP contribution in [0.4, 0.5) is 0 Å². The SMILES string of the molecule is CCCCOc1cccc(C2OC=C(c3ncnc4c(C(=O)O)c[nH]c34)O2)c1. The number of ether oxygens (including phenoxy) is 3. The zero-order chi connectivity index (χ0) is 19.5. The number of carboxylic acids is 1. The van der Waals surface area contributed by atoms with Crippen LogP contribution in [0.15, 0.2) is 43.1 Å². The summed E-state index contributed by atoms with van der Waals surface area (Å²) in [6.45, 7) is 2.77. The molecule has 0 radical (unpaired) electrons. The van der Waals surface area contributed by atoms with E-state index in [1.165, 1.54) is 18.8 Å². The van der Waals surface area contributed by atoms with Gasteiger partial charge >= 0.3 is 5.97 Å². The molecule has 2 N–H and O–H groups in total. The number of H-pyrrole nitrogens is 1. The third-order valence-corrected chi connectivity index (χ3v) is 4.36. The van der Waals surface area contributed by atoms with Gasteiger partial charge in [-0.2, -0.15) is 0 Å². The van der Waals surface area contributed by atoms with E-state index in [1.54, 1.807) is 0 Å². The normalized spacial score (nSPS) is 15.8. The minimum absolute atomic E-state index is 0.0756. The summed E-state index contributed by atoms with van der Waals surface area (Å²) in [6.07, 6.45) is 5.58. The molecule has 0 amide bonds. The monoisotopic (exact) mass is 381 g/mol. The highest BCUT2D eigenvalue weighted by atomic mass is 16.7. The first-order valence-corrected chi connectivity index (χ1v) is 8.98. The highest BCUT2D eigenvalue weighted by Gasteiger charge is 2.26. The first kappa shape index (κ1) is 17.8. The number of unbranched alkanes of at least 4 members (excludes halogenated alkanes) is 1. The Morgan fingerprint density at radius 1 is 1.36 bits per heavy atom. The average Bonchev–Trinajstić information content (AvgIpc) is 3.36. The van der Waals surface area contributed by atoms with Crippen LogP contribution < -0.4 is 4.74 Å². The van der Waals surface area contributed by atoms with Crippen molar-refractivity contribution in [2.24, 2.45) is 0 Å². The minimum atomic E-state index is -1.06. The van der Waals surface area contributed by atoms with Gasteiger partial charge in [0.05, 0.1) is 12.1 Å². The Bertz CT molecular complexity index is 1040. The molecule has 2 aromatic heterocycles. The summed E-state index contributed by atoms with van der Waals surface area (Å²) >= 11 is 0. The molecule has 3 aromatic rings. The topological polar surface area (TPSA) is 107 Å². The van der Waals surface area contributed by atoms with E-state index >= 15 is 0 Å². The number of carboxylic acid groups (broad SMARTS) is 1. The lowest BCUT2D eigenvalue weighted by molar-refractivity contribution is -0.0173. The number of hydrogen-bond acceptors (Lipinski definition) is 6. The van der Waals surface area contributed by atoms with E-state index in [0.29, 0.717) is 29.1 Å². The van der Waals surface area contributed by atoms with E-state index in [2.05, 4.69) is 21.9 Å². The highest BCUT2D eigenvalue weighted by molar-refractivity contribution is 6.03. The van der Waals surface area contributed by atoms with Crippen LogP contribution in [0.2, 0.25) is 0 Å². The van der Waals surface area contributed by atoms with Crippen molar-refractivity contribution in [1.29, 1.82) is 0 Å². The number of hydrogen-bond donors (Lipinski definition) is 2. The van der Waals surface area contributed by atoms with Crippen molar-refractivity contribution >= 4 is 22.8 Å². The molecule has 0 fully saturated rings. The minimum Gasteiger partial charge on any atom is -0.494 e. The molecule has 1 aliphatic rings. The van der Waals surface area contributed by atoms with E-state index in [4.69, 9.17) is 14.2 Å². The number of rotatable bonds is 7. The quantitative estimate of drug-likeness (QED) is 0.598. The smallest absolute Gasteiger partial charge is 0.339 e. The molecule has 1 atom stereocenters. The van der Waals surface area contributed by atoms with Gasteiger partial charge in [0.25, 0.3) is 6.29 Å². The van der Waals surface area contributed by atoms with E-state index in [1.807, 2.05) is 24.3 Å². The largest absolute Gasteiger partial charge is 0.494 e. The number of benzene rings is 1. The average molecular weight is 381 g/mol. The lowest BCUT2D eigenvalue weighted by Crippen LogP contribution is -2.02. The first-order chi connectivity index (χ1) is 13.7. The molecule has 1 aromatic carbocycles. The van der Waals surface area contributed by atoms with Gasteiger partial charge in [-0.15, -0.1) is 0 Å². The second-order valence-electron chi connectivity index (χ2n) is 6.30. The van der Waals surface area contributed by atoms with Crippen molar-refractivity contribution in [1.82, 2.24) is 15.0 Å². The van der Waals surface area contributed by atoms with Crippen molar-refractivity contribution < 1.29 is 24.1 Å². The number of aromatic carboxylic acids is 1. The Hall–Kier alpha value is -3.55. The number of nitrogens with one attached hydrogen (secondary N) is 1. The molecular formula is C20H19N3O5. The molecule has 8 nitrogen and oxygen atoms in total. The molecule has 28 heavy (non-hydrogen) atoms. The second kappa shape index (κ2) is 7.59. The lowest BCUT2D eigenvalue weighted by Gasteiger charge is -2.13. The number of aromatic amines is 1. The maximum atomic E-state index is 11.3. The molecule has 0 aliphatic carbocycles. The molecule has 0 saturated carbocycles. The van der Waals surface area contributed by atoms with E-state index in [9.17, 15) is 9.90 Å². The zero-order valence-corrected chi connectivity index (χ0v) is 15.2. The fourth-order valence-electron chi connectivity index (χ4n) is 2.93. The van der Waals surface area contributed by atoms with Crippen LogP contribution in [0.5, 0.6) is 5.75 Å². The lowest BCUT2D eigenvalue weighted by atomic mass is 10.2. The van der Waals surface area contributed by atoms with Gasteiger partial charge in [0.2, 0.25) is 0 Å². The van der Waals surface area contributed by atoms with Crippen molar-refractivity contribution in [3.8, 4) is 5.75 Å². The Labute approximate surface area is 160 Å². The van der Waals surface area contributed by atoms with E-state index in [-0.39, 0.29) is 5.56 Å². The predicted molar refractivity (Wildman–Crippen MR) is 101 cm³/mol. The van der Waals surface area contributed by atoms with Gasteiger partial charge < -0.3 is 24.3 Å². The Balaban J connectivity index is 1.54. The molecule has 144 valence electrons. The van der Waals surface area contributed by atoms with Gasteiger partial charge in [-0.1, -0.05) is 25.5 Å². The third kappa shape index (κ3) is 3.36. The summed E-state index contributed by atoms with van der Waals surface area (Å²) in [4.78, 5) is 22.5. The van der Waals surface area contributed by atoms with Crippen molar-refractivity contribution in [3.63, 3.8) is 0 Å². The van der Waals surface area contributed by atoms with Crippen LogP contribution in [-0.2, 0) is 9.47 Å². The molecule has 8 heteroatoms. The number of nitrogens with zero attached hydrogens (tertiary/aromatic N) is 2. The van der Waals surface area contributed by atoms with Crippen LogP contribution in [0.25, 0.3) is 16.8 Å². The predicted octanol–water partition coefficient (Wildman–Crippen LogP) is 3.88. The van der Waals surface area contributed by atoms with Gasteiger partial charge in [-0.3, -0.25) is 0 Å². The van der Waals surface area contributed by atoms with Gasteiger partial charge in [0.1, 0.15) is 35.1 Å². The van der Waals surface area contributed by atoms with Gasteiger partial charge in [-0.25, -0.2) is 14.8 Å². The van der Waals surface area contributed by atoms with Crippen LogP contribution in [0, 0.1) is 0 Å². The van der Waals surface area contributed by atoms with E-state index in [0.717, 1.165) is 24.2 Å². The standard InChI is InChI=1S/C20H19N3O5/c1-2-3-7-26-13-6-4-5-12(8-13)20-27-10-15(28-20)17-18-16(22-11-23-17)14(9-21-18)19(24)25/h4-6,8-11,20-21H,2-3,7H2,1H3,(H,24,25). The second-order valence-corrected chi connectivity index (χ2v) is 6.30. The molecule has 0 spiro atoms. The Kier molecular flexibility index (Phi) is 4.84. The summed E-state index contributed by atoms with van der Waals surface area (Å²) in [6, 6.07) is 7.54. The maximum absolute atomic E-state index is 11.3. The highest BCUT2D eigenvalue weighted by Crippen LogP contribution is 2.36. The summed E-state index contributed by atoms with van der Waals surface area (Å²) in [7, 11) is 0. The zero-order valence-electron chi connectivity index (χ0n) is 15.2. The van der Waals surface area contributed by atoms with Crippen LogP contribution in [0.1, 0.15) is 47.7 Å². The van der Waals surface area contributed by atoms with Crippen LogP contribution in [-0.4, -0.2) is 32.6 Å². The van der Waals surface area contributed by atoms with Crippen molar-refractivity contribution in [3.05, 3.63) is 59.9 Å². The maximum Gasteiger partial charge on any atom is 0.339 e. The van der Waals surface area contributed by atoms with Gasteiger partial charge in [0, 0.05) is 11.8 Å². The van der Waals surface area contributed by atoms with Crippen LogP contribution >= 0.6 is 0 Å². The van der Waals surface area contributed by atoms with Crippen molar-refractivity contribution in [2.75, 3.05) is 6.61 Å². The summed E-state index contributed by atoms with van der Waals surface area (Å²) in [5.41, 5.74) is 2.12. The van der Waals surface area contributed by atoms with E-state index < -0.39 is 12.3 Å². The van der Waals surface area contributed by atoms with Gasteiger partial charge in [0.15, 0.2) is 5.76 Å². The molecule has 1 aliphatic heterocycles. The summed E-state index contributed by atoms with van der Waals surface area (Å²) in [5, 5.41) is 9.26. The molecule has 0 bridgehead atoms. The molecule has 4 rings (SSSR count). The summed E-state index contributed by atoms with van der Waals surface area (Å²) in [5.74, 6) is 0.0891. The Morgan fingerprint density at radius 3 is 3.07 bits per heavy atom. The van der Waals surface area contributed by atoms with Crippen molar-refractivity contribution in [2.45, 2.75) is 26.1 Å². The fourth-order valence-corrected chi connectivity index (χ4v) is 2.93. The molecule has 1 unspecified atom stereocenters. The Morgan fingerprint density at radius 2 is 2.25 bits per heavy atom. The molecular weight excluding hydrogens is 362 g/mol. The third-order valence-electron chi connectivity index (χ3n) is 4.36. The first-order valence-electron chi connectivity index (χ1n) is 8.98. The summed E-state index contributed by atoms with van der Waals surface area (Å²) < 4.78 is 17.3. The molecule has 0 saturated heterocycles.